The van der Waals surface area contributed by atoms with Crippen LogP contribution in [0.15, 0.2) is 40.9 Å². The van der Waals surface area contributed by atoms with E-state index >= 15 is 0 Å². The lowest BCUT2D eigenvalue weighted by Crippen LogP contribution is -2.12. The van der Waals surface area contributed by atoms with Crippen LogP contribution in [-0.4, -0.2) is 27.2 Å². The van der Waals surface area contributed by atoms with E-state index in [0.29, 0.717) is 10.2 Å². The Kier molecular flexibility index (Phi) is 4.13. The van der Waals surface area contributed by atoms with Crippen molar-refractivity contribution in [2.75, 3.05) is 5.32 Å². The molecule has 21 heavy (non-hydrogen) atoms. The molecular weight excluding hydrogens is 342 g/mol. The molecular formula is C14H10BrNO5. The molecule has 2 rings (SSSR count). The minimum absolute atomic E-state index is 0.0120. The molecule has 0 atom stereocenters. The number of aromatic carboxylic acids is 1. The molecule has 0 aliphatic carbocycles. The average Bonchev–Trinajstić information content (AvgIpc) is 2.40. The van der Waals surface area contributed by atoms with Crippen LogP contribution >= 0.6 is 15.9 Å². The highest BCUT2D eigenvalue weighted by Crippen LogP contribution is 2.27. The maximum atomic E-state index is 12.0. The molecule has 2 aromatic rings. The molecule has 0 fully saturated rings. The van der Waals surface area contributed by atoms with Gasteiger partial charge in [-0.1, -0.05) is 0 Å². The molecule has 1 amide bonds. The van der Waals surface area contributed by atoms with Gasteiger partial charge in [0.1, 0.15) is 11.5 Å². The Balaban J connectivity index is 2.25. The van der Waals surface area contributed by atoms with E-state index in [9.17, 15) is 19.8 Å². The summed E-state index contributed by atoms with van der Waals surface area (Å²) < 4.78 is 0.397. The summed E-state index contributed by atoms with van der Waals surface area (Å²) in [5, 5.41) is 30.2. The van der Waals surface area contributed by atoms with Crippen LogP contribution in [0, 0.1) is 0 Å². The number of rotatable bonds is 3. The zero-order valence-corrected chi connectivity index (χ0v) is 12.1. The highest BCUT2D eigenvalue weighted by atomic mass is 79.9. The number of carbonyl (C=O) groups excluding carboxylic acids is 1. The number of halogens is 1. The number of carboxylic acid groups (broad SMARTS) is 1. The molecule has 4 N–H and O–H groups in total. The summed E-state index contributed by atoms with van der Waals surface area (Å²) in [6, 6.07) is 7.74. The monoisotopic (exact) mass is 351 g/mol. The van der Waals surface area contributed by atoms with Gasteiger partial charge in [-0.15, -0.1) is 0 Å². The van der Waals surface area contributed by atoms with Crippen molar-refractivity contribution in [2.24, 2.45) is 0 Å². The molecule has 2 aromatic carbocycles. The van der Waals surface area contributed by atoms with Gasteiger partial charge < -0.3 is 20.6 Å². The number of anilines is 1. The number of carboxylic acids is 1. The Bertz CT molecular complexity index is 729. The van der Waals surface area contributed by atoms with Crippen LogP contribution in [0.3, 0.4) is 0 Å². The smallest absolute Gasteiger partial charge is 0.335 e. The lowest BCUT2D eigenvalue weighted by Gasteiger charge is -2.09. The summed E-state index contributed by atoms with van der Waals surface area (Å²) in [7, 11) is 0. The molecule has 0 aliphatic heterocycles. The third-order valence-electron chi connectivity index (χ3n) is 2.69. The Labute approximate surface area is 127 Å². The van der Waals surface area contributed by atoms with Crippen molar-refractivity contribution >= 4 is 33.5 Å². The molecule has 0 bridgehead atoms. The van der Waals surface area contributed by atoms with Crippen molar-refractivity contribution < 1.29 is 24.9 Å². The van der Waals surface area contributed by atoms with E-state index in [1.54, 1.807) is 0 Å². The highest BCUT2D eigenvalue weighted by Gasteiger charge is 2.14. The van der Waals surface area contributed by atoms with Gasteiger partial charge in [-0.05, 0) is 46.3 Å². The molecule has 0 saturated heterocycles. The number of phenols is 2. The Hall–Kier alpha value is -2.54. The summed E-state index contributed by atoms with van der Waals surface area (Å²) in [6.45, 7) is 0. The third kappa shape index (κ3) is 3.32. The number of phenolic OH excluding ortho intramolecular Hbond substituents is 2. The van der Waals surface area contributed by atoms with Crippen LogP contribution in [0.4, 0.5) is 5.69 Å². The van der Waals surface area contributed by atoms with E-state index in [1.807, 2.05) is 0 Å². The van der Waals surface area contributed by atoms with Gasteiger partial charge >= 0.3 is 5.97 Å². The maximum Gasteiger partial charge on any atom is 0.335 e. The second-order valence-electron chi connectivity index (χ2n) is 4.16. The van der Waals surface area contributed by atoms with Gasteiger partial charge in [0.25, 0.3) is 5.91 Å². The fourth-order valence-corrected chi connectivity index (χ4v) is 2.13. The van der Waals surface area contributed by atoms with Crippen molar-refractivity contribution in [1.29, 1.82) is 0 Å². The van der Waals surface area contributed by atoms with E-state index in [4.69, 9.17) is 5.11 Å². The summed E-state index contributed by atoms with van der Waals surface area (Å²) in [5.74, 6) is -2.18. The van der Waals surface area contributed by atoms with Gasteiger partial charge in [-0.25, -0.2) is 4.79 Å². The van der Waals surface area contributed by atoms with Gasteiger partial charge in [-0.3, -0.25) is 4.79 Å². The van der Waals surface area contributed by atoms with Crippen LogP contribution in [-0.2, 0) is 0 Å². The Morgan fingerprint density at radius 1 is 1.05 bits per heavy atom. The van der Waals surface area contributed by atoms with E-state index in [0.717, 1.165) is 6.07 Å². The molecule has 0 aliphatic rings. The minimum Gasteiger partial charge on any atom is -0.508 e. The van der Waals surface area contributed by atoms with E-state index in [-0.39, 0.29) is 22.6 Å². The number of nitrogens with one attached hydrogen (secondary N) is 1. The molecule has 0 aromatic heterocycles. The van der Waals surface area contributed by atoms with E-state index in [1.165, 1.54) is 30.3 Å². The number of benzene rings is 2. The normalized spacial score (nSPS) is 10.1. The summed E-state index contributed by atoms with van der Waals surface area (Å²) in [5.41, 5.74) is 0.423. The maximum absolute atomic E-state index is 12.0. The van der Waals surface area contributed by atoms with Gasteiger partial charge in [0.15, 0.2) is 0 Å². The van der Waals surface area contributed by atoms with Crippen LogP contribution in [0.2, 0.25) is 0 Å². The largest absolute Gasteiger partial charge is 0.508 e. The molecule has 6 nitrogen and oxygen atoms in total. The molecule has 0 unspecified atom stereocenters. The Morgan fingerprint density at radius 2 is 1.76 bits per heavy atom. The number of amides is 1. The number of hydrogen-bond donors (Lipinski definition) is 4. The predicted octanol–water partition coefficient (Wildman–Crippen LogP) is 2.81. The molecule has 0 saturated carbocycles. The fraction of sp³-hybridized carbons (Fsp3) is 0. The molecule has 108 valence electrons. The zero-order valence-electron chi connectivity index (χ0n) is 10.5. The fourth-order valence-electron chi connectivity index (χ4n) is 1.65. The second-order valence-corrected chi connectivity index (χ2v) is 5.01. The summed E-state index contributed by atoms with van der Waals surface area (Å²) in [6.07, 6.45) is 0. The highest BCUT2D eigenvalue weighted by molar-refractivity contribution is 9.10. The van der Waals surface area contributed by atoms with Gasteiger partial charge in [0.2, 0.25) is 0 Å². The first-order chi connectivity index (χ1) is 9.88. The second kappa shape index (κ2) is 5.84. The van der Waals surface area contributed by atoms with E-state index < -0.39 is 11.9 Å². The molecule has 0 heterocycles. The van der Waals surface area contributed by atoms with Crippen molar-refractivity contribution in [1.82, 2.24) is 0 Å². The van der Waals surface area contributed by atoms with Crippen LogP contribution in [0.1, 0.15) is 20.7 Å². The van der Waals surface area contributed by atoms with Crippen molar-refractivity contribution in [3.05, 3.63) is 52.0 Å². The first-order valence-corrected chi connectivity index (χ1v) is 6.54. The minimum atomic E-state index is -1.08. The standard InChI is InChI=1S/C14H10BrNO5/c15-10-5-7(14(20)21)1-4-11(10)16-13(19)9-3-2-8(17)6-12(9)18/h1-6,17-18H,(H,16,19)(H,20,21). The first-order valence-electron chi connectivity index (χ1n) is 5.74. The SMILES string of the molecule is O=C(O)c1ccc(NC(=O)c2ccc(O)cc2O)c(Br)c1. The van der Waals surface area contributed by atoms with Gasteiger partial charge in [0.05, 0.1) is 16.8 Å². The molecule has 0 radical (unpaired) electrons. The first kappa shape index (κ1) is 14.9. The predicted molar refractivity (Wildman–Crippen MR) is 78.8 cm³/mol. The molecule has 0 spiro atoms. The number of hydrogen-bond acceptors (Lipinski definition) is 4. The zero-order chi connectivity index (χ0) is 15.6. The van der Waals surface area contributed by atoms with Crippen molar-refractivity contribution in [2.45, 2.75) is 0 Å². The average molecular weight is 352 g/mol. The lowest BCUT2D eigenvalue weighted by atomic mass is 10.1. The van der Waals surface area contributed by atoms with Crippen LogP contribution < -0.4 is 5.32 Å². The summed E-state index contributed by atoms with van der Waals surface area (Å²) in [4.78, 5) is 22.8. The topological polar surface area (TPSA) is 107 Å². The Morgan fingerprint density at radius 3 is 2.33 bits per heavy atom. The van der Waals surface area contributed by atoms with Crippen LogP contribution in [0.25, 0.3) is 0 Å². The summed E-state index contributed by atoms with van der Waals surface area (Å²) >= 11 is 3.17. The third-order valence-corrected chi connectivity index (χ3v) is 3.35. The lowest BCUT2D eigenvalue weighted by molar-refractivity contribution is 0.0696. The molecule has 7 heteroatoms. The van der Waals surface area contributed by atoms with Crippen LogP contribution in [0.5, 0.6) is 11.5 Å². The number of aromatic hydroxyl groups is 2. The van der Waals surface area contributed by atoms with Crippen molar-refractivity contribution in [3.63, 3.8) is 0 Å². The van der Waals surface area contributed by atoms with Gasteiger partial charge in [-0.2, -0.15) is 0 Å². The van der Waals surface area contributed by atoms with Crippen molar-refractivity contribution in [3.8, 4) is 11.5 Å². The van der Waals surface area contributed by atoms with Gasteiger partial charge in [0, 0.05) is 10.5 Å². The quantitative estimate of drug-likeness (QED) is 0.680. The van der Waals surface area contributed by atoms with E-state index in [2.05, 4.69) is 21.2 Å². The number of carbonyl (C=O) groups is 2.